The van der Waals surface area contributed by atoms with Crippen molar-refractivity contribution < 1.29 is 0 Å². The van der Waals surface area contributed by atoms with Gasteiger partial charge in [-0.05, 0) is 51.7 Å². The maximum atomic E-state index is 6.14. The number of likely N-dealkylation sites (tertiary alicyclic amines) is 1. The highest BCUT2D eigenvalue weighted by atomic mass is 15.2. The van der Waals surface area contributed by atoms with Crippen molar-refractivity contribution in [2.45, 2.75) is 70.4 Å². The Hall–Kier alpha value is -0.120. The molecule has 0 radical (unpaired) electrons. The summed E-state index contributed by atoms with van der Waals surface area (Å²) in [6, 6.07) is 1.37. The van der Waals surface area contributed by atoms with Gasteiger partial charge in [-0.15, -0.1) is 0 Å². The summed E-state index contributed by atoms with van der Waals surface area (Å²) in [6.07, 6.45) is 11.2. The lowest BCUT2D eigenvalue weighted by molar-refractivity contribution is 0.124. The van der Waals surface area contributed by atoms with E-state index in [0.717, 1.165) is 18.5 Å². The summed E-state index contributed by atoms with van der Waals surface area (Å²) in [7, 11) is 2.31. The molecule has 1 heterocycles. The average molecular weight is 281 g/mol. The number of nitrogens with zero attached hydrogens (tertiary/aromatic N) is 2. The third-order valence-electron chi connectivity index (χ3n) is 5.66. The fraction of sp³-hybridized carbons (Fsp3) is 1.00. The predicted molar refractivity (Wildman–Crippen MR) is 86.9 cm³/mol. The van der Waals surface area contributed by atoms with Gasteiger partial charge < -0.3 is 10.6 Å². The SMILES string of the molecule is CCN1CCCC1CN(C)C(CN)C1CCCCCC1. The molecule has 2 unspecified atom stereocenters. The highest BCUT2D eigenvalue weighted by Gasteiger charge is 2.29. The van der Waals surface area contributed by atoms with E-state index < -0.39 is 0 Å². The maximum Gasteiger partial charge on any atom is 0.0244 e. The second kappa shape index (κ2) is 8.35. The summed E-state index contributed by atoms with van der Waals surface area (Å²) in [5.41, 5.74) is 6.14. The van der Waals surface area contributed by atoms with Gasteiger partial charge in [-0.2, -0.15) is 0 Å². The summed E-state index contributed by atoms with van der Waals surface area (Å²) in [5, 5.41) is 0. The Morgan fingerprint density at radius 2 is 1.80 bits per heavy atom. The molecule has 0 aromatic heterocycles. The van der Waals surface area contributed by atoms with E-state index in [0.29, 0.717) is 6.04 Å². The zero-order chi connectivity index (χ0) is 14.4. The van der Waals surface area contributed by atoms with Crippen LogP contribution in [0.5, 0.6) is 0 Å². The smallest absolute Gasteiger partial charge is 0.0244 e. The Bertz CT molecular complexity index is 261. The van der Waals surface area contributed by atoms with Crippen LogP contribution in [0, 0.1) is 5.92 Å². The van der Waals surface area contributed by atoms with E-state index in [9.17, 15) is 0 Å². The zero-order valence-electron chi connectivity index (χ0n) is 13.7. The molecule has 0 aromatic carbocycles. The van der Waals surface area contributed by atoms with E-state index in [-0.39, 0.29) is 0 Å². The van der Waals surface area contributed by atoms with Crippen molar-refractivity contribution in [3.63, 3.8) is 0 Å². The first-order chi connectivity index (χ1) is 9.76. The molecule has 2 aliphatic rings. The number of nitrogens with two attached hydrogens (primary N) is 1. The highest BCUT2D eigenvalue weighted by molar-refractivity contribution is 4.86. The van der Waals surface area contributed by atoms with Crippen LogP contribution in [-0.4, -0.2) is 55.1 Å². The lowest BCUT2D eigenvalue weighted by atomic mass is 9.90. The normalized spacial score (nSPS) is 27.9. The number of hydrogen-bond acceptors (Lipinski definition) is 3. The van der Waals surface area contributed by atoms with Crippen molar-refractivity contribution >= 4 is 0 Å². The largest absolute Gasteiger partial charge is 0.329 e. The Kier molecular flexibility index (Phi) is 6.79. The molecular formula is C17H35N3. The topological polar surface area (TPSA) is 32.5 Å². The lowest BCUT2D eigenvalue weighted by Gasteiger charge is -2.36. The van der Waals surface area contributed by atoms with Crippen LogP contribution < -0.4 is 5.73 Å². The van der Waals surface area contributed by atoms with E-state index in [4.69, 9.17) is 5.73 Å². The summed E-state index contributed by atoms with van der Waals surface area (Å²) in [4.78, 5) is 5.24. The van der Waals surface area contributed by atoms with Gasteiger partial charge in [0.1, 0.15) is 0 Å². The van der Waals surface area contributed by atoms with Crippen molar-refractivity contribution in [1.82, 2.24) is 9.80 Å². The molecule has 2 fully saturated rings. The van der Waals surface area contributed by atoms with Gasteiger partial charge in [-0.1, -0.05) is 32.6 Å². The molecule has 20 heavy (non-hydrogen) atoms. The van der Waals surface area contributed by atoms with E-state index in [1.807, 2.05) is 0 Å². The molecule has 3 heteroatoms. The van der Waals surface area contributed by atoms with Gasteiger partial charge in [0, 0.05) is 25.2 Å². The monoisotopic (exact) mass is 281 g/mol. The molecule has 1 aliphatic heterocycles. The second-order valence-corrected chi connectivity index (χ2v) is 6.92. The fourth-order valence-corrected chi connectivity index (χ4v) is 4.41. The van der Waals surface area contributed by atoms with Gasteiger partial charge in [0.05, 0.1) is 0 Å². The first-order valence-corrected chi connectivity index (χ1v) is 8.90. The molecule has 1 aliphatic carbocycles. The lowest BCUT2D eigenvalue weighted by Crippen LogP contribution is -2.48. The molecule has 0 spiro atoms. The second-order valence-electron chi connectivity index (χ2n) is 6.92. The minimum atomic E-state index is 0.604. The Morgan fingerprint density at radius 1 is 1.10 bits per heavy atom. The minimum Gasteiger partial charge on any atom is -0.329 e. The minimum absolute atomic E-state index is 0.604. The molecule has 118 valence electrons. The van der Waals surface area contributed by atoms with Crippen LogP contribution in [-0.2, 0) is 0 Å². The molecule has 3 nitrogen and oxygen atoms in total. The van der Waals surface area contributed by atoms with Gasteiger partial charge in [0.25, 0.3) is 0 Å². The molecule has 2 atom stereocenters. The first-order valence-electron chi connectivity index (χ1n) is 8.90. The quantitative estimate of drug-likeness (QED) is 0.760. The van der Waals surface area contributed by atoms with E-state index in [2.05, 4.69) is 23.8 Å². The standard InChI is InChI=1S/C17H35N3/c1-3-20-12-8-11-16(20)14-19(2)17(13-18)15-9-6-4-5-7-10-15/h15-17H,3-14,18H2,1-2H3. The van der Waals surface area contributed by atoms with Crippen LogP contribution in [0.2, 0.25) is 0 Å². The Morgan fingerprint density at radius 3 is 2.40 bits per heavy atom. The van der Waals surface area contributed by atoms with Gasteiger partial charge >= 0.3 is 0 Å². The van der Waals surface area contributed by atoms with Crippen LogP contribution >= 0.6 is 0 Å². The summed E-state index contributed by atoms with van der Waals surface area (Å²) >= 11 is 0. The summed E-state index contributed by atoms with van der Waals surface area (Å²) in [5.74, 6) is 0.837. The van der Waals surface area contributed by atoms with Gasteiger partial charge in [0.2, 0.25) is 0 Å². The number of rotatable bonds is 6. The van der Waals surface area contributed by atoms with Gasteiger partial charge in [-0.25, -0.2) is 0 Å². The third kappa shape index (κ3) is 4.19. The van der Waals surface area contributed by atoms with Crippen molar-refractivity contribution in [3.05, 3.63) is 0 Å². The van der Waals surface area contributed by atoms with Crippen molar-refractivity contribution in [2.75, 3.05) is 33.2 Å². The average Bonchev–Trinajstić information content (AvgIpc) is 2.72. The van der Waals surface area contributed by atoms with Gasteiger partial charge in [-0.3, -0.25) is 4.90 Å². The predicted octanol–water partition coefficient (Wildman–Crippen LogP) is 2.70. The molecule has 2 rings (SSSR count). The third-order valence-corrected chi connectivity index (χ3v) is 5.66. The summed E-state index contributed by atoms with van der Waals surface area (Å²) in [6.45, 7) is 6.84. The number of hydrogen-bond donors (Lipinski definition) is 1. The van der Waals surface area contributed by atoms with Crippen LogP contribution in [0.4, 0.5) is 0 Å². The van der Waals surface area contributed by atoms with Crippen molar-refractivity contribution in [2.24, 2.45) is 11.7 Å². The van der Waals surface area contributed by atoms with Crippen LogP contribution in [0.1, 0.15) is 58.3 Å². The fourth-order valence-electron chi connectivity index (χ4n) is 4.41. The van der Waals surface area contributed by atoms with Gasteiger partial charge in [0.15, 0.2) is 0 Å². The van der Waals surface area contributed by atoms with Crippen molar-refractivity contribution in [1.29, 1.82) is 0 Å². The molecule has 0 bridgehead atoms. The van der Waals surface area contributed by atoms with Crippen molar-refractivity contribution in [3.8, 4) is 0 Å². The molecule has 2 N–H and O–H groups in total. The van der Waals surface area contributed by atoms with Crippen LogP contribution in [0.25, 0.3) is 0 Å². The Labute approximate surface area is 125 Å². The molecule has 1 saturated heterocycles. The van der Waals surface area contributed by atoms with E-state index in [1.54, 1.807) is 0 Å². The molecule has 1 saturated carbocycles. The molecular weight excluding hydrogens is 246 g/mol. The first kappa shape index (κ1) is 16.3. The molecule has 0 aromatic rings. The number of likely N-dealkylation sites (N-methyl/N-ethyl adjacent to an activating group) is 2. The van der Waals surface area contributed by atoms with Crippen LogP contribution in [0.3, 0.4) is 0 Å². The Balaban J connectivity index is 1.88. The van der Waals surface area contributed by atoms with Crippen LogP contribution in [0.15, 0.2) is 0 Å². The summed E-state index contributed by atoms with van der Waals surface area (Å²) < 4.78 is 0. The maximum absolute atomic E-state index is 6.14. The molecule has 0 amide bonds. The van der Waals surface area contributed by atoms with E-state index >= 15 is 0 Å². The van der Waals surface area contributed by atoms with E-state index in [1.165, 1.54) is 71.0 Å². The highest BCUT2D eigenvalue weighted by Crippen LogP contribution is 2.28. The zero-order valence-corrected chi connectivity index (χ0v) is 13.7.